The molecule has 2 aromatic carbocycles. The fraction of sp³-hybridized carbons (Fsp3) is 0.250. The molecule has 1 unspecified atom stereocenters. The van der Waals surface area contributed by atoms with Crippen molar-refractivity contribution in [3.8, 4) is 0 Å². The second kappa shape index (κ2) is 6.62. The largest absolute Gasteiger partial charge is 0.416 e. The van der Waals surface area contributed by atoms with Crippen molar-refractivity contribution in [2.75, 3.05) is 0 Å². The summed E-state index contributed by atoms with van der Waals surface area (Å²) in [4.78, 5) is 0. The van der Waals surface area contributed by atoms with Crippen LogP contribution in [0.15, 0.2) is 53.0 Å². The lowest BCUT2D eigenvalue weighted by atomic mass is 10.0. The molecule has 0 fully saturated rings. The number of benzene rings is 2. The van der Waals surface area contributed by atoms with Gasteiger partial charge in [0.25, 0.3) is 0 Å². The molecule has 1 N–H and O–H groups in total. The molecule has 1 nitrogen and oxygen atoms in total. The van der Waals surface area contributed by atoms with Crippen LogP contribution in [-0.4, -0.2) is 0 Å². The van der Waals surface area contributed by atoms with Crippen LogP contribution in [0.5, 0.6) is 0 Å². The Labute approximate surface area is 130 Å². The molecule has 5 heteroatoms. The van der Waals surface area contributed by atoms with E-state index in [1.54, 1.807) is 13.0 Å². The highest BCUT2D eigenvalue weighted by Crippen LogP contribution is 2.34. The van der Waals surface area contributed by atoms with Gasteiger partial charge in [0.1, 0.15) is 0 Å². The summed E-state index contributed by atoms with van der Waals surface area (Å²) in [6, 6.07) is 12.9. The van der Waals surface area contributed by atoms with Crippen molar-refractivity contribution in [3.05, 3.63) is 69.7 Å². The van der Waals surface area contributed by atoms with Gasteiger partial charge in [-0.05, 0) is 30.2 Å². The Balaban J connectivity index is 2.15. The van der Waals surface area contributed by atoms with E-state index in [2.05, 4.69) is 21.2 Å². The van der Waals surface area contributed by atoms with Crippen LogP contribution in [-0.2, 0) is 12.7 Å². The summed E-state index contributed by atoms with van der Waals surface area (Å²) in [7, 11) is 0. The summed E-state index contributed by atoms with van der Waals surface area (Å²) in [5.41, 5.74) is 0.683. The minimum Gasteiger partial charge on any atom is -0.306 e. The lowest BCUT2D eigenvalue weighted by molar-refractivity contribution is -0.138. The normalized spacial score (nSPS) is 13.2. The van der Waals surface area contributed by atoms with Crippen molar-refractivity contribution in [1.82, 2.24) is 5.32 Å². The molecule has 21 heavy (non-hydrogen) atoms. The molecule has 0 aliphatic carbocycles. The molecule has 0 aliphatic heterocycles. The van der Waals surface area contributed by atoms with Gasteiger partial charge in [0.05, 0.1) is 5.56 Å². The lowest BCUT2D eigenvalue weighted by Crippen LogP contribution is -2.21. The van der Waals surface area contributed by atoms with Gasteiger partial charge in [-0.15, -0.1) is 0 Å². The van der Waals surface area contributed by atoms with Crippen LogP contribution in [0.25, 0.3) is 0 Å². The maximum atomic E-state index is 13.0. The highest BCUT2D eigenvalue weighted by molar-refractivity contribution is 9.10. The monoisotopic (exact) mass is 357 g/mol. The zero-order valence-electron chi connectivity index (χ0n) is 11.4. The molecule has 112 valence electrons. The van der Waals surface area contributed by atoms with Gasteiger partial charge in [-0.25, -0.2) is 0 Å². The number of rotatable bonds is 4. The van der Waals surface area contributed by atoms with Crippen molar-refractivity contribution >= 4 is 15.9 Å². The maximum absolute atomic E-state index is 13.0. The molecule has 0 radical (unpaired) electrons. The quantitative estimate of drug-likeness (QED) is 0.780. The number of nitrogens with one attached hydrogen (secondary N) is 1. The summed E-state index contributed by atoms with van der Waals surface area (Å²) in [6.07, 6.45) is -4.33. The Morgan fingerprint density at radius 3 is 2.33 bits per heavy atom. The van der Waals surface area contributed by atoms with Crippen molar-refractivity contribution in [2.45, 2.75) is 25.7 Å². The fourth-order valence-electron chi connectivity index (χ4n) is 2.15. The number of alkyl halides is 3. The van der Waals surface area contributed by atoms with Crippen LogP contribution in [0.1, 0.15) is 29.7 Å². The van der Waals surface area contributed by atoms with Crippen LogP contribution in [0.2, 0.25) is 0 Å². The standard InChI is InChI=1S/C16H15BrF3N/c1-11(21-10-12-6-2-5-9-15(12)17)13-7-3-4-8-14(13)16(18,19)20/h2-9,11,21H,10H2,1H3. The van der Waals surface area contributed by atoms with Gasteiger partial charge in [-0.3, -0.25) is 0 Å². The van der Waals surface area contributed by atoms with Crippen LogP contribution in [0.4, 0.5) is 13.2 Å². The fourth-order valence-corrected chi connectivity index (χ4v) is 2.57. The van der Waals surface area contributed by atoms with Crippen molar-refractivity contribution < 1.29 is 13.2 Å². The van der Waals surface area contributed by atoms with E-state index in [1.165, 1.54) is 12.1 Å². The Bertz CT molecular complexity index is 610. The number of halogens is 4. The van der Waals surface area contributed by atoms with Crippen LogP contribution in [0, 0.1) is 0 Å². The first-order valence-electron chi connectivity index (χ1n) is 6.52. The Kier molecular flexibility index (Phi) is 5.06. The summed E-state index contributed by atoms with van der Waals surface area (Å²) < 4.78 is 39.9. The molecule has 0 heterocycles. The smallest absolute Gasteiger partial charge is 0.306 e. The van der Waals surface area contributed by atoms with Crippen LogP contribution < -0.4 is 5.32 Å². The number of hydrogen-bond acceptors (Lipinski definition) is 1. The van der Waals surface area contributed by atoms with E-state index >= 15 is 0 Å². The van der Waals surface area contributed by atoms with E-state index in [9.17, 15) is 13.2 Å². The molecular formula is C16H15BrF3N. The van der Waals surface area contributed by atoms with Crippen LogP contribution in [0.3, 0.4) is 0 Å². The minimum atomic E-state index is -4.33. The molecule has 1 atom stereocenters. The Morgan fingerprint density at radius 2 is 1.67 bits per heavy atom. The predicted octanol–water partition coefficient (Wildman–Crippen LogP) is 5.32. The average molecular weight is 358 g/mol. The highest BCUT2D eigenvalue weighted by Gasteiger charge is 2.33. The topological polar surface area (TPSA) is 12.0 Å². The van der Waals surface area contributed by atoms with E-state index in [1.807, 2.05) is 24.3 Å². The molecule has 0 aromatic heterocycles. The molecule has 0 aliphatic rings. The molecule has 0 amide bonds. The van der Waals surface area contributed by atoms with E-state index in [0.717, 1.165) is 16.1 Å². The SMILES string of the molecule is CC(NCc1ccccc1Br)c1ccccc1C(F)(F)F. The minimum absolute atomic E-state index is 0.261. The van der Waals surface area contributed by atoms with Gasteiger partial charge in [0, 0.05) is 17.1 Å². The first-order chi connectivity index (χ1) is 9.89. The third-order valence-electron chi connectivity index (χ3n) is 3.29. The first kappa shape index (κ1) is 16.0. The summed E-state index contributed by atoms with van der Waals surface area (Å²) in [6.45, 7) is 2.23. The van der Waals surface area contributed by atoms with E-state index in [0.29, 0.717) is 6.54 Å². The zero-order chi connectivity index (χ0) is 15.5. The summed E-state index contributed by atoms with van der Waals surface area (Å²) in [5, 5.41) is 3.14. The van der Waals surface area contributed by atoms with Gasteiger partial charge in [-0.2, -0.15) is 13.2 Å². The maximum Gasteiger partial charge on any atom is 0.416 e. The summed E-state index contributed by atoms with van der Waals surface area (Å²) in [5.74, 6) is 0. The number of hydrogen-bond donors (Lipinski definition) is 1. The van der Waals surface area contributed by atoms with Gasteiger partial charge in [-0.1, -0.05) is 52.3 Å². The van der Waals surface area contributed by atoms with Gasteiger partial charge >= 0.3 is 6.18 Å². The molecule has 0 bridgehead atoms. The van der Waals surface area contributed by atoms with E-state index in [-0.39, 0.29) is 5.56 Å². The van der Waals surface area contributed by atoms with Gasteiger partial charge in [0.2, 0.25) is 0 Å². The molecule has 0 saturated heterocycles. The van der Waals surface area contributed by atoms with Crippen molar-refractivity contribution in [1.29, 1.82) is 0 Å². The Hall–Kier alpha value is -1.33. The molecule has 2 rings (SSSR count). The molecule has 2 aromatic rings. The van der Waals surface area contributed by atoms with Gasteiger partial charge < -0.3 is 5.32 Å². The average Bonchev–Trinajstić information content (AvgIpc) is 2.45. The lowest BCUT2D eigenvalue weighted by Gasteiger charge is -2.20. The van der Waals surface area contributed by atoms with Crippen LogP contribution >= 0.6 is 15.9 Å². The highest BCUT2D eigenvalue weighted by atomic mass is 79.9. The first-order valence-corrected chi connectivity index (χ1v) is 7.32. The zero-order valence-corrected chi connectivity index (χ0v) is 13.0. The van der Waals surface area contributed by atoms with E-state index < -0.39 is 17.8 Å². The molecular weight excluding hydrogens is 343 g/mol. The van der Waals surface area contributed by atoms with Crippen molar-refractivity contribution in [2.24, 2.45) is 0 Å². The second-order valence-corrected chi connectivity index (χ2v) is 5.63. The Morgan fingerprint density at radius 1 is 1.05 bits per heavy atom. The second-order valence-electron chi connectivity index (χ2n) is 4.78. The molecule has 0 saturated carbocycles. The van der Waals surface area contributed by atoms with Gasteiger partial charge in [0.15, 0.2) is 0 Å². The summed E-state index contributed by atoms with van der Waals surface area (Å²) >= 11 is 3.43. The third-order valence-corrected chi connectivity index (χ3v) is 4.06. The van der Waals surface area contributed by atoms with Crippen molar-refractivity contribution in [3.63, 3.8) is 0 Å². The van der Waals surface area contributed by atoms with E-state index in [4.69, 9.17) is 0 Å². The predicted molar refractivity (Wildman–Crippen MR) is 80.8 cm³/mol. The molecule has 0 spiro atoms. The third kappa shape index (κ3) is 4.08.